The summed E-state index contributed by atoms with van der Waals surface area (Å²) in [4.78, 5) is 12.5. The fourth-order valence-corrected chi connectivity index (χ4v) is 2.48. The topological polar surface area (TPSA) is 55.1 Å². The Morgan fingerprint density at radius 3 is 2.81 bits per heavy atom. The molecule has 3 aromatic rings. The molecule has 0 unspecified atom stereocenters. The molecule has 0 radical (unpaired) electrons. The summed E-state index contributed by atoms with van der Waals surface area (Å²) in [6.07, 6.45) is 1.56. The molecule has 0 bridgehead atoms. The Morgan fingerprint density at radius 1 is 1.29 bits per heavy atom. The molecule has 2 heterocycles. The molecule has 0 aliphatic rings. The number of carbonyl (C=O) groups excluding carboxylic acids is 1. The molecule has 21 heavy (non-hydrogen) atoms. The largest absolute Gasteiger partial charge is 0.467 e. The van der Waals surface area contributed by atoms with Crippen molar-refractivity contribution in [3.63, 3.8) is 0 Å². The summed E-state index contributed by atoms with van der Waals surface area (Å²) in [5.74, 6) is 0.175. The fourth-order valence-electron chi connectivity index (χ4n) is 1.81. The van der Waals surface area contributed by atoms with Crippen molar-refractivity contribution in [3.8, 4) is 11.3 Å². The van der Waals surface area contributed by atoms with E-state index in [1.165, 1.54) is 12.1 Å². The Kier molecular flexibility index (Phi) is 3.79. The first-order valence-electron chi connectivity index (χ1n) is 6.25. The maximum Gasteiger partial charge on any atom is 0.263 e. The number of nitrogens with one attached hydrogen (secondary N) is 1. The van der Waals surface area contributed by atoms with Gasteiger partial charge in [0.2, 0.25) is 0 Å². The standard InChI is InChI=1S/C15H11FN2O2S/c16-11-5-3-10(4-6-11)13-8-14(21-18-13)15(19)17-9-12-2-1-7-20-12/h1-8H,9H2,(H,17,19). The minimum absolute atomic E-state index is 0.211. The highest BCUT2D eigenvalue weighted by atomic mass is 32.1. The van der Waals surface area contributed by atoms with Gasteiger partial charge in [0, 0.05) is 5.56 Å². The molecule has 106 valence electrons. The van der Waals surface area contributed by atoms with Gasteiger partial charge in [-0.2, -0.15) is 4.37 Å². The van der Waals surface area contributed by atoms with Crippen molar-refractivity contribution in [3.05, 3.63) is 65.2 Å². The van der Waals surface area contributed by atoms with Gasteiger partial charge >= 0.3 is 0 Å². The van der Waals surface area contributed by atoms with E-state index in [4.69, 9.17) is 4.42 Å². The lowest BCUT2D eigenvalue weighted by Gasteiger charge is -1.99. The number of furan rings is 1. The van der Waals surface area contributed by atoms with Gasteiger partial charge in [0.15, 0.2) is 0 Å². The summed E-state index contributed by atoms with van der Waals surface area (Å²) in [7, 11) is 0. The van der Waals surface area contributed by atoms with E-state index in [2.05, 4.69) is 9.69 Å². The summed E-state index contributed by atoms with van der Waals surface area (Å²) in [5, 5.41) is 2.75. The minimum Gasteiger partial charge on any atom is -0.467 e. The fraction of sp³-hybridized carbons (Fsp3) is 0.0667. The summed E-state index contributed by atoms with van der Waals surface area (Å²) >= 11 is 1.11. The zero-order valence-electron chi connectivity index (χ0n) is 10.9. The average molecular weight is 302 g/mol. The van der Waals surface area contributed by atoms with Crippen molar-refractivity contribution in [2.45, 2.75) is 6.54 Å². The number of nitrogens with zero attached hydrogens (tertiary/aromatic N) is 1. The third-order valence-electron chi connectivity index (χ3n) is 2.88. The van der Waals surface area contributed by atoms with Gasteiger partial charge in [0.25, 0.3) is 5.91 Å². The first-order chi connectivity index (χ1) is 10.2. The summed E-state index contributed by atoms with van der Waals surface area (Å²) in [6, 6.07) is 11.2. The first-order valence-corrected chi connectivity index (χ1v) is 7.03. The van der Waals surface area contributed by atoms with Crippen molar-refractivity contribution < 1.29 is 13.6 Å². The number of hydrogen-bond donors (Lipinski definition) is 1. The lowest BCUT2D eigenvalue weighted by atomic mass is 10.1. The lowest BCUT2D eigenvalue weighted by Crippen LogP contribution is -2.21. The highest BCUT2D eigenvalue weighted by Gasteiger charge is 2.12. The number of aromatic nitrogens is 1. The van der Waals surface area contributed by atoms with Crippen molar-refractivity contribution in [2.75, 3.05) is 0 Å². The van der Waals surface area contributed by atoms with Gasteiger partial charge < -0.3 is 9.73 Å². The van der Waals surface area contributed by atoms with Gasteiger partial charge in [-0.25, -0.2) is 4.39 Å². The molecule has 0 atom stereocenters. The molecule has 0 spiro atoms. The number of carbonyl (C=O) groups is 1. The monoisotopic (exact) mass is 302 g/mol. The number of amides is 1. The highest BCUT2D eigenvalue weighted by Crippen LogP contribution is 2.22. The lowest BCUT2D eigenvalue weighted by molar-refractivity contribution is 0.0952. The second-order valence-electron chi connectivity index (χ2n) is 4.35. The van der Waals surface area contributed by atoms with E-state index in [0.717, 1.165) is 17.1 Å². The van der Waals surface area contributed by atoms with Crippen LogP contribution in [0.1, 0.15) is 15.4 Å². The maximum atomic E-state index is 12.9. The third kappa shape index (κ3) is 3.17. The van der Waals surface area contributed by atoms with Gasteiger partial charge in [-0.15, -0.1) is 0 Å². The van der Waals surface area contributed by atoms with Crippen LogP contribution in [0.15, 0.2) is 53.1 Å². The van der Waals surface area contributed by atoms with Gasteiger partial charge in [-0.3, -0.25) is 4.79 Å². The van der Waals surface area contributed by atoms with Gasteiger partial charge in [-0.05, 0) is 54.0 Å². The van der Waals surface area contributed by atoms with Crippen LogP contribution in [0.5, 0.6) is 0 Å². The molecule has 0 fully saturated rings. The third-order valence-corrected chi connectivity index (χ3v) is 3.67. The van der Waals surface area contributed by atoms with Crippen LogP contribution in [0.3, 0.4) is 0 Å². The predicted molar refractivity (Wildman–Crippen MR) is 77.4 cm³/mol. The van der Waals surface area contributed by atoms with E-state index in [-0.39, 0.29) is 11.7 Å². The Labute approximate surface area is 124 Å². The Hall–Kier alpha value is -2.47. The van der Waals surface area contributed by atoms with Crippen LogP contribution < -0.4 is 5.32 Å². The van der Waals surface area contributed by atoms with E-state index in [0.29, 0.717) is 22.9 Å². The van der Waals surface area contributed by atoms with Crippen LogP contribution in [0.2, 0.25) is 0 Å². The SMILES string of the molecule is O=C(NCc1ccco1)c1cc(-c2ccc(F)cc2)ns1. The Balaban J connectivity index is 1.69. The summed E-state index contributed by atoms with van der Waals surface area (Å²) in [5.41, 5.74) is 1.43. The molecule has 6 heteroatoms. The zero-order chi connectivity index (χ0) is 14.7. The number of benzene rings is 1. The first kappa shape index (κ1) is 13.5. The molecular weight excluding hydrogens is 291 g/mol. The van der Waals surface area contributed by atoms with Crippen molar-refractivity contribution in [1.82, 2.24) is 9.69 Å². The normalized spacial score (nSPS) is 10.5. The molecule has 2 aromatic heterocycles. The molecule has 3 rings (SSSR count). The minimum atomic E-state index is -0.301. The molecule has 1 aromatic carbocycles. The molecular formula is C15H11FN2O2S. The van der Waals surface area contributed by atoms with E-state index in [1.807, 2.05) is 0 Å². The van der Waals surface area contributed by atoms with Crippen LogP contribution in [0.25, 0.3) is 11.3 Å². The predicted octanol–water partition coefficient (Wildman–Crippen LogP) is 3.47. The quantitative estimate of drug-likeness (QED) is 0.803. The van der Waals surface area contributed by atoms with Crippen LogP contribution in [0, 0.1) is 5.82 Å². The zero-order valence-corrected chi connectivity index (χ0v) is 11.7. The highest BCUT2D eigenvalue weighted by molar-refractivity contribution is 7.08. The van der Waals surface area contributed by atoms with E-state index >= 15 is 0 Å². The molecule has 1 N–H and O–H groups in total. The van der Waals surface area contributed by atoms with Crippen LogP contribution in [0.4, 0.5) is 4.39 Å². The smallest absolute Gasteiger partial charge is 0.263 e. The van der Waals surface area contributed by atoms with Gasteiger partial charge in [0.1, 0.15) is 16.5 Å². The van der Waals surface area contributed by atoms with Gasteiger partial charge in [0.05, 0.1) is 18.5 Å². The summed E-state index contributed by atoms with van der Waals surface area (Å²) in [6.45, 7) is 0.329. The average Bonchev–Trinajstić information content (AvgIpc) is 3.17. The van der Waals surface area contributed by atoms with Crippen LogP contribution in [-0.2, 0) is 6.54 Å². The van der Waals surface area contributed by atoms with E-state index < -0.39 is 0 Å². The summed E-state index contributed by atoms with van der Waals surface area (Å²) < 4.78 is 22.2. The maximum absolute atomic E-state index is 12.9. The molecule has 1 amide bonds. The second kappa shape index (κ2) is 5.88. The molecule has 4 nitrogen and oxygen atoms in total. The molecule has 0 aliphatic heterocycles. The van der Waals surface area contributed by atoms with E-state index in [9.17, 15) is 9.18 Å². The van der Waals surface area contributed by atoms with Crippen molar-refractivity contribution in [1.29, 1.82) is 0 Å². The molecule has 0 saturated heterocycles. The van der Waals surface area contributed by atoms with Gasteiger partial charge in [-0.1, -0.05) is 0 Å². The van der Waals surface area contributed by atoms with Crippen molar-refractivity contribution >= 4 is 17.4 Å². The number of halogens is 1. The van der Waals surface area contributed by atoms with Crippen LogP contribution >= 0.6 is 11.5 Å². The second-order valence-corrected chi connectivity index (χ2v) is 5.15. The molecule has 0 aliphatic carbocycles. The molecule has 0 saturated carbocycles. The Bertz CT molecular complexity index is 735. The number of rotatable bonds is 4. The van der Waals surface area contributed by atoms with E-state index in [1.54, 1.807) is 36.6 Å². The number of hydrogen-bond acceptors (Lipinski definition) is 4. The van der Waals surface area contributed by atoms with Crippen molar-refractivity contribution in [2.24, 2.45) is 0 Å². The van der Waals surface area contributed by atoms with Crippen LogP contribution in [-0.4, -0.2) is 10.3 Å². The Morgan fingerprint density at radius 2 is 2.10 bits per heavy atom.